The van der Waals surface area contributed by atoms with E-state index in [0.29, 0.717) is 12.2 Å². The normalized spacial score (nSPS) is 10.2. The van der Waals surface area contributed by atoms with Gasteiger partial charge in [0.2, 0.25) is 0 Å². The van der Waals surface area contributed by atoms with E-state index >= 15 is 0 Å². The van der Waals surface area contributed by atoms with Crippen molar-refractivity contribution in [3.63, 3.8) is 0 Å². The second-order valence-electron chi connectivity index (χ2n) is 5.00. The van der Waals surface area contributed by atoms with Crippen molar-refractivity contribution in [1.29, 1.82) is 0 Å². The molecule has 0 aromatic heterocycles. The highest BCUT2D eigenvalue weighted by atomic mass is 16.6. The fourth-order valence-electron chi connectivity index (χ4n) is 2.12. The average Bonchev–Trinajstić information content (AvgIpc) is 2.43. The van der Waals surface area contributed by atoms with Gasteiger partial charge >= 0.3 is 0 Å². The molecule has 5 nitrogen and oxygen atoms in total. The molecule has 5 heteroatoms. The molecule has 0 aliphatic rings. The first-order valence-electron chi connectivity index (χ1n) is 6.87. The van der Waals surface area contributed by atoms with E-state index < -0.39 is 0 Å². The first-order chi connectivity index (χ1) is 9.99. The van der Waals surface area contributed by atoms with Crippen LogP contribution in [0.15, 0.2) is 36.4 Å². The van der Waals surface area contributed by atoms with Crippen LogP contribution in [-0.2, 0) is 0 Å². The minimum atomic E-state index is -0.380. The number of nitrogens with zero attached hydrogens (tertiary/aromatic N) is 1. The molecule has 0 bridgehead atoms. The van der Waals surface area contributed by atoms with Crippen LogP contribution < -0.4 is 10.6 Å². The lowest BCUT2D eigenvalue weighted by Gasteiger charge is -2.12. The van der Waals surface area contributed by atoms with Crippen LogP contribution in [0.3, 0.4) is 0 Å². The Morgan fingerprint density at radius 1 is 1.10 bits per heavy atom. The fraction of sp³-hybridized carbons (Fsp3) is 0.250. The van der Waals surface area contributed by atoms with Crippen molar-refractivity contribution in [3.05, 3.63) is 57.6 Å². The Hall–Kier alpha value is -2.56. The van der Waals surface area contributed by atoms with E-state index in [9.17, 15) is 10.1 Å². The van der Waals surface area contributed by atoms with Gasteiger partial charge in [0.05, 0.1) is 4.92 Å². The molecule has 0 fully saturated rings. The molecule has 0 amide bonds. The third-order valence-electron chi connectivity index (χ3n) is 3.18. The van der Waals surface area contributed by atoms with Gasteiger partial charge in [-0.3, -0.25) is 10.1 Å². The molecule has 2 N–H and O–H groups in total. The van der Waals surface area contributed by atoms with Gasteiger partial charge in [0, 0.05) is 35.7 Å². The topological polar surface area (TPSA) is 67.2 Å². The van der Waals surface area contributed by atoms with Gasteiger partial charge in [-0.15, -0.1) is 0 Å². The van der Waals surface area contributed by atoms with E-state index in [0.717, 1.165) is 22.5 Å². The highest BCUT2D eigenvalue weighted by Gasteiger charge is 2.10. The summed E-state index contributed by atoms with van der Waals surface area (Å²) in [6, 6.07) is 11.1. The zero-order valence-electron chi connectivity index (χ0n) is 12.4. The lowest BCUT2D eigenvalue weighted by atomic mass is 10.1. The summed E-state index contributed by atoms with van der Waals surface area (Å²) in [5.41, 5.74) is 4.70. The summed E-state index contributed by atoms with van der Waals surface area (Å²) in [6.45, 7) is 6.69. The molecule has 0 heterocycles. The van der Waals surface area contributed by atoms with Crippen LogP contribution in [0.5, 0.6) is 0 Å². The maximum Gasteiger partial charge on any atom is 0.273 e. The van der Waals surface area contributed by atoms with E-state index in [1.807, 2.05) is 45.0 Å². The quantitative estimate of drug-likeness (QED) is 0.631. The molecule has 0 radical (unpaired) electrons. The number of nitro benzene ring substituents is 1. The van der Waals surface area contributed by atoms with Crippen LogP contribution in [0.2, 0.25) is 0 Å². The van der Waals surface area contributed by atoms with Crippen LogP contribution in [0.1, 0.15) is 18.1 Å². The molecule has 2 rings (SSSR count). The van der Waals surface area contributed by atoms with Crippen molar-refractivity contribution in [2.24, 2.45) is 0 Å². The lowest BCUT2D eigenvalue weighted by Crippen LogP contribution is -2.00. The molecule has 2 aromatic carbocycles. The largest absolute Gasteiger partial charge is 0.385 e. The van der Waals surface area contributed by atoms with Gasteiger partial charge in [0.15, 0.2) is 0 Å². The SMILES string of the molecule is CCNc1cc(Nc2cc(C)ccc2C)cc([N+](=O)[O-])c1. The van der Waals surface area contributed by atoms with E-state index in [1.54, 1.807) is 6.07 Å². The second kappa shape index (κ2) is 6.26. The Bertz CT molecular complexity index is 669. The number of anilines is 3. The van der Waals surface area contributed by atoms with E-state index in [-0.39, 0.29) is 10.6 Å². The van der Waals surface area contributed by atoms with Gasteiger partial charge in [-0.2, -0.15) is 0 Å². The maximum atomic E-state index is 11.0. The Morgan fingerprint density at radius 3 is 2.48 bits per heavy atom. The van der Waals surface area contributed by atoms with Gasteiger partial charge in [0.1, 0.15) is 0 Å². The van der Waals surface area contributed by atoms with Crippen LogP contribution in [0, 0.1) is 24.0 Å². The van der Waals surface area contributed by atoms with Gasteiger partial charge in [0.25, 0.3) is 5.69 Å². The summed E-state index contributed by atoms with van der Waals surface area (Å²) >= 11 is 0. The molecule has 0 spiro atoms. The van der Waals surface area contributed by atoms with Gasteiger partial charge in [-0.1, -0.05) is 12.1 Å². The number of nitro groups is 1. The van der Waals surface area contributed by atoms with Crippen molar-refractivity contribution < 1.29 is 4.92 Å². The van der Waals surface area contributed by atoms with Gasteiger partial charge in [-0.25, -0.2) is 0 Å². The third kappa shape index (κ3) is 3.72. The number of benzene rings is 2. The highest BCUT2D eigenvalue weighted by Crippen LogP contribution is 2.28. The number of nitrogens with one attached hydrogen (secondary N) is 2. The molecule has 2 aromatic rings. The monoisotopic (exact) mass is 285 g/mol. The van der Waals surface area contributed by atoms with E-state index in [4.69, 9.17) is 0 Å². The Morgan fingerprint density at radius 2 is 1.81 bits per heavy atom. The molecule has 0 atom stereocenters. The zero-order valence-corrected chi connectivity index (χ0v) is 12.4. The molecule has 21 heavy (non-hydrogen) atoms. The predicted octanol–water partition coefficient (Wildman–Crippen LogP) is 4.39. The van der Waals surface area contributed by atoms with Crippen molar-refractivity contribution >= 4 is 22.7 Å². The molecule has 0 unspecified atom stereocenters. The second-order valence-corrected chi connectivity index (χ2v) is 5.00. The van der Waals surface area contributed by atoms with Crippen molar-refractivity contribution in [1.82, 2.24) is 0 Å². The van der Waals surface area contributed by atoms with Gasteiger partial charge < -0.3 is 10.6 Å². The van der Waals surface area contributed by atoms with Crippen molar-refractivity contribution in [3.8, 4) is 0 Å². The Balaban J connectivity index is 2.38. The summed E-state index contributed by atoms with van der Waals surface area (Å²) in [4.78, 5) is 10.7. The molecule has 0 aliphatic carbocycles. The fourth-order valence-corrected chi connectivity index (χ4v) is 2.12. The molecule has 0 saturated heterocycles. The standard InChI is InChI=1S/C16H19N3O2/c1-4-17-13-8-14(10-15(9-13)19(20)21)18-16-7-11(2)5-6-12(16)3/h5-10,17-18H,4H2,1-3H3. The molecule has 0 aliphatic heterocycles. The summed E-state index contributed by atoms with van der Waals surface area (Å²) in [5.74, 6) is 0. The Kier molecular flexibility index (Phi) is 4.42. The van der Waals surface area contributed by atoms with E-state index in [1.165, 1.54) is 6.07 Å². The van der Waals surface area contributed by atoms with Gasteiger partial charge in [-0.05, 0) is 44.0 Å². The summed E-state index contributed by atoms with van der Waals surface area (Å²) in [5, 5.41) is 17.4. The van der Waals surface area contributed by atoms with Crippen molar-refractivity contribution in [2.75, 3.05) is 17.2 Å². The number of hydrogen-bond donors (Lipinski definition) is 2. The van der Waals surface area contributed by atoms with E-state index in [2.05, 4.69) is 10.6 Å². The third-order valence-corrected chi connectivity index (χ3v) is 3.18. The lowest BCUT2D eigenvalue weighted by molar-refractivity contribution is -0.384. The maximum absolute atomic E-state index is 11.0. The average molecular weight is 285 g/mol. The number of non-ortho nitro benzene ring substituents is 1. The summed E-state index contributed by atoms with van der Waals surface area (Å²) in [6.07, 6.45) is 0. The Labute approximate surface area is 124 Å². The number of aryl methyl sites for hydroxylation is 2. The first kappa shape index (κ1) is 14.8. The number of hydrogen-bond acceptors (Lipinski definition) is 4. The highest BCUT2D eigenvalue weighted by molar-refractivity contribution is 5.70. The summed E-state index contributed by atoms with van der Waals surface area (Å²) in [7, 11) is 0. The predicted molar refractivity (Wildman–Crippen MR) is 86.5 cm³/mol. The molecular formula is C16H19N3O2. The van der Waals surface area contributed by atoms with Crippen LogP contribution >= 0.6 is 0 Å². The molecule has 0 saturated carbocycles. The van der Waals surface area contributed by atoms with Crippen molar-refractivity contribution in [2.45, 2.75) is 20.8 Å². The minimum Gasteiger partial charge on any atom is -0.385 e. The molecular weight excluding hydrogens is 266 g/mol. The van der Waals surface area contributed by atoms with Crippen LogP contribution in [0.4, 0.5) is 22.7 Å². The number of rotatable bonds is 5. The summed E-state index contributed by atoms with van der Waals surface area (Å²) < 4.78 is 0. The molecule has 110 valence electrons. The smallest absolute Gasteiger partial charge is 0.273 e. The first-order valence-corrected chi connectivity index (χ1v) is 6.87. The zero-order chi connectivity index (χ0) is 15.4. The minimum absolute atomic E-state index is 0.0706. The van der Waals surface area contributed by atoms with Crippen LogP contribution in [-0.4, -0.2) is 11.5 Å². The van der Waals surface area contributed by atoms with Crippen LogP contribution in [0.25, 0.3) is 0 Å².